The number of aryl methyl sites for hydroxylation is 1. The normalized spacial score (nSPS) is 26.0. The number of nitrogens with zero attached hydrogens (tertiary/aromatic N) is 3. The van der Waals surface area contributed by atoms with E-state index in [1.54, 1.807) is 27.0 Å². The fourth-order valence-electron chi connectivity index (χ4n) is 4.47. The monoisotopic (exact) mass is 483 g/mol. The van der Waals surface area contributed by atoms with Crippen LogP contribution >= 0.6 is 11.8 Å². The summed E-state index contributed by atoms with van der Waals surface area (Å²) in [5.74, 6) is 1.83. The summed E-state index contributed by atoms with van der Waals surface area (Å²) >= 11 is 1.48. The van der Waals surface area contributed by atoms with Gasteiger partial charge < -0.3 is 20.5 Å². The van der Waals surface area contributed by atoms with Crippen LogP contribution in [0.5, 0.6) is 5.88 Å². The van der Waals surface area contributed by atoms with Gasteiger partial charge in [0.2, 0.25) is 5.88 Å². The Morgan fingerprint density at radius 2 is 2.26 bits per heavy atom. The zero-order valence-electron chi connectivity index (χ0n) is 19.4. The summed E-state index contributed by atoms with van der Waals surface area (Å²) in [5.41, 5.74) is 6.52. The molecule has 1 aromatic carbocycles. The maximum absolute atomic E-state index is 15.0. The van der Waals surface area contributed by atoms with Crippen LogP contribution in [0.2, 0.25) is 0 Å². The minimum atomic E-state index is -0.874. The SMILES string of the molecule is C#C[C@H](C)Oc1cnc(C(=O)Nc2ccc(F)c([C@@]3(C)N=C(N)S[C@@]4(COC)CC43)c2)c(C)n1. The van der Waals surface area contributed by atoms with Crippen molar-refractivity contribution in [1.29, 1.82) is 0 Å². The molecule has 2 aliphatic rings. The van der Waals surface area contributed by atoms with Gasteiger partial charge >= 0.3 is 0 Å². The van der Waals surface area contributed by atoms with Gasteiger partial charge in [-0.1, -0.05) is 17.7 Å². The minimum absolute atomic E-state index is 0.0590. The van der Waals surface area contributed by atoms with Gasteiger partial charge in [0.25, 0.3) is 5.91 Å². The topological polar surface area (TPSA) is 112 Å². The van der Waals surface area contributed by atoms with Crippen LogP contribution in [0.15, 0.2) is 29.4 Å². The van der Waals surface area contributed by atoms with Crippen molar-refractivity contribution in [2.75, 3.05) is 19.0 Å². The highest BCUT2D eigenvalue weighted by Crippen LogP contribution is 2.66. The number of thioether (sulfide) groups is 1. The molecule has 178 valence electrons. The fraction of sp³-hybridized carbons (Fsp3) is 0.417. The number of aliphatic imine (C=N–C) groups is 1. The third-order valence-electron chi connectivity index (χ3n) is 6.18. The summed E-state index contributed by atoms with van der Waals surface area (Å²) in [4.78, 5) is 25.9. The van der Waals surface area contributed by atoms with E-state index in [1.165, 1.54) is 30.1 Å². The van der Waals surface area contributed by atoms with Gasteiger partial charge in [0.1, 0.15) is 11.5 Å². The number of carbonyl (C=O) groups is 1. The van der Waals surface area contributed by atoms with E-state index in [2.05, 4.69) is 26.2 Å². The molecule has 1 unspecified atom stereocenters. The third kappa shape index (κ3) is 4.33. The predicted octanol–water partition coefficient (Wildman–Crippen LogP) is 3.26. The second kappa shape index (κ2) is 8.89. The molecule has 2 heterocycles. The first kappa shape index (κ1) is 24.0. The van der Waals surface area contributed by atoms with Crippen molar-refractivity contribution in [3.8, 4) is 18.2 Å². The molecule has 0 bridgehead atoms. The molecule has 1 aliphatic heterocycles. The number of anilines is 1. The van der Waals surface area contributed by atoms with Gasteiger partial charge in [0, 0.05) is 24.3 Å². The first-order chi connectivity index (χ1) is 16.1. The van der Waals surface area contributed by atoms with E-state index in [9.17, 15) is 4.79 Å². The summed E-state index contributed by atoms with van der Waals surface area (Å²) in [6.07, 6.45) is 6.99. The molecule has 1 aromatic heterocycles. The predicted molar refractivity (Wildman–Crippen MR) is 129 cm³/mol. The number of hydrogen-bond donors (Lipinski definition) is 2. The summed E-state index contributed by atoms with van der Waals surface area (Å²) in [6, 6.07) is 4.42. The van der Waals surface area contributed by atoms with Crippen LogP contribution in [0, 0.1) is 31.0 Å². The number of rotatable bonds is 7. The number of hydrogen-bond acceptors (Lipinski definition) is 8. The Labute approximate surface area is 201 Å². The second-order valence-corrected chi connectivity index (χ2v) is 10.1. The molecule has 1 fully saturated rings. The number of nitrogens with one attached hydrogen (secondary N) is 1. The molecule has 1 aliphatic carbocycles. The summed E-state index contributed by atoms with van der Waals surface area (Å²) in [6.45, 7) is 5.72. The van der Waals surface area contributed by atoms with Crippen LogP contribution in [0.1, 0.15) is 42.0 Å². The van der Waals surface area contributed by atoms with Gasteiger partial charge in [0.05, 0.1) is 28.8 Å². The van der Waals surface area contributed by atoms with Crippen molar-refractivity contribution in [2.24, 2.45) is 16.6 Å². The Morgan fingerprint density at radius 1 is 1.50 bits per heavy atom. The molecule has 0 spiro atoms. The molecule has 0 radical (unpaired) electrons. The summed E-state index contributed by atoms with van der Waals surface area (Å²) in [7, 11) is 1.64. The number of fused-ring (bicyclic) bond motifs is 1. The fourth-order valence-corrected chi connectivity index (χ4v) is 5.92. The van der Waals surface area contributed by atoms with Crippen LogP contribution in [0.25, 0.3) is 0 Å². The Kier molecular flexibility index (Phi) is 6.27. The van der Waals surface area contributed by atoms with Crippen molar-refractivity contribution in [2.45, 2.75) is 43.6 Å². The van der Waals surface area contributed by atoms with Gasteiger partial charge in [-0.25, -0.2) is 14.4 Å². The first-order valence-electron chi connectivity index (χ1n) is 10.7. The molecule has 0 saturated heterocycles. The van der Waals surface area contributed by atoms with Gasteiger partial charge in [0.15, 0.2) is 11.3 Å². The quantitative estimate of drug-likeness (QED) is 0.582. The molecule has 2 aromatic rings. The van der Waals surface area contributed by atoms with Crippen molar-refractivity contribution in [3.63, 3.8) is 0 Å². The lowest BCUT2D eigenvalue weighted by atomic mass is 9.85. The molecular weight excluding hydrogens is 457 g/mol. The molecule has 34 heavy (non-hydrogen) atoms. The molecule has 4 rings (SSSR count). The molecule has 8 nitrogen and oxygen atoms in total. The number of ether oxygens (including phenoxy) is 2. The van der Waals surface area contributed by atoms with Gasteiger partial charge in [-0.2, -0.15) is 0 Å². The van der Waals surface area contributed by atoms with Gasteiger partial charge in [-0.15, -0.1) is 6.42 Å². The minimum Gasteiger partial charge on any atom is -0.460 e. The Hall–Kier alpha value is -3.16. The number of terminal acetylenes is 1. The molecule has 10 heteroatoms. The zero-order valence-corrected chi connectivity index (χ0v) is 20.2. The lowest BCUT2D eigenvalue weighted by Gasteiger charge is -2.34. The van der Waals surface area contributed by atoms with Crippen LogP contribution in [0.4, 0.5) is 10.1 Å². The lowest BCUT2D eigenvalue weighted by Crippen LogP contribution is -2.37. The van der Waals surface area contributed by atoms with Gasteiger partial charge in [-0.05, 0) is 45.4 Å². The number of benzene rings is 1. The molecular formula is C24H26FN5O3S. The van der Waals surface area contributed by atoms with Gasteiger partial charge in [-0.3, -0.25) is 9.79 Å². The molecule has 1 amide bonds. The largest absolute Gasteiger partial charge is 0.460 e. The van der Waals surface area contributed by atoms with Crippen LogP contribution in [-0.4, -0.2) is 45.6 Å². The second-order valence-electron chi connectivity index (χ2n) is 8.67. The van der Waals surface area contributed by atoms with Crippen molar-refractivity contribution in [3.05, 3.63) is 47.2 Å². The molecule has 1 saturated carbocycles. The Balaban J connectivity index is 1.58. The molecule has 4 atom stereocenters. The van der Waals surface area contributed by atoms with Crippen LogP contribution < -0.4 is 15.8 Å². The maximum atomic E-state index is 15.0. The number of halogens is 1. The number of amidine groups is 1. The van der Waals surface area contributed by atoms with Crippen molar-refractivity contribution < 1.29 is 18.7 Å². The number of nitrogens with two attached hydrogens (primary N) is 1. The van der Waals surface area contributed by atoms with E-state index in [0.29, 0.717) is 28.7 Å². The Bertz CT molecular complexity index is 1220. The van der Waals surface area contributed by atoms with E-state index in [1.807, 2.05) is 6.92 Å². The number of methoxy groups -OCH3 is 1. The average molecular weight is 484 g/mol. The standard InChI is InChI=1S/C24H26FN5O3S/c1-6-13(2)33-19-11-27-20(14(3)28-19)21(31)29-15-7-8-17(25)16(9-15)23(4)18-10-24(18,12-32-5)34-22(26)30-23/h1,7-9,11,13,18H,10,12H2,2-5H3,(H2,26,30)(H,29,31)/t13-,18?,23+,24+/m0/s1. The highest BCUT2D eigenvalue weighted by molar-refractivity contribution is 8.15. The van der Waals surface area contributed by atoms with E-state index < -0.39 is 23.4 Å². The maximum Gasteiger partial charge on any atom is 0.276 e. The zero-order chi connectivity index (χ0) is 24.7. The number of aromatic nitrogens is 2. The smallest absolute Gasteiger partial charge is 0.276 e. The summed E-state index contributed by atoms with van der Waals surface area (Å²) in [5, 5.41) is 3.18. The van der Waals surface area contributed by atoms with Crippen molar-refractivity contribution >= 4 is 28.5 Å². The highest BCUT2D eigenvalue weighted by Gasteiger charge is 2.66. The summed E-state index contributed by atoms with van der Waals surface area (Å²) < 4.78 is 25.6. The Morgan fingerprint density at radius 3 is 2.94 bits per heavy atom. The van der Waals surface area contributed by atoms with E-state index in [4.69, 9.17) is 21.6 Å². The average Bonchev–Trinajstić information content (AvgIpc) is 3.49. The van der Waals surface area contributed by atoms with Crippen molar-refractivity contribution in [1.82, 2.24) is 9.97 Å². The number of carbonyl (C=O) groups excluding carboxylic acids is 1. The first-order valence-corrected chi connectivity index (χ1v) is 11.5. The number of amides is 1. The van der Waals surface area contributed by atoms with E-state index in [-0.39, 0.29) is 22.2 Å². The molecule has 3 N–H and O–H groups in total. The lowest BCUT2D eigenvalue weighted by molar-refractivity contribution is 0.102. The third-order valence-corrected chi connectivity index (χ3v) is 7.46. The highest BCUT2D eigenvalue weighted by atomic mass is 32.2. The van der Waals surface area contributed by atoms with Crippen LogP contribution in [0.3, 0.4) is 0 Å². The van der Waals surface area contributed by atoms with E-state index >= 15 is 4.39 Å². The van der Waals surface area contributed by atoms with Crippen LogP contribution in [-0.2, 0) is 10.3 Å². The van der Waals surface area contributed by atoms with E-state index in [0.717, 1.165) is 6.42 Å².